The van der Waals surface area contributed by atoms with E-state index < -0.39 is 33.4 Å². The molecule has 0 heterocycles. The lowest BCUT2D eigenvalue weighted by Gasteiger charge is -2.15. The van der Waals surface area contributed by atoms with Crippen molar-refractivity contribution in [1.29, 1.82) is 0 Å². The van der Waals surface area contributed by atoms with Crippen molar-refractivity contribution in [3.05, 3.63) is 0 Å². The Morgan fingerprint density at radius 2 is 1.31 bits per heavy atom. The normalized spacial score (nSPS) is 13.7. The molecule has 0 unspecified atom stereocenters. The van der Waals surface area contributed by atoms with Crippen molar-refractivity contribution >= 4 is 31.1 Å². The molecule has 0 radical (unpaired) electrons. The van der Waals surface area contributed by atoms with E-state index in [0.717, 1.165) is 0 Å². The summed E-state index contributed by atoms with van der Waals surface area (Å²) in [6.07, 6.45) is -1.02. The fraction of sp³-hybridized carbons (Fsp3) is 1.00. The molecule has 6 nitrogen and oxygen atoms in total. The number of hydrogen-bond donors (Lipinski definition) is 4. The van der Waals surface area contributed by atoms with E-state index in [1.165, 1.54) is 0 Å². The molecule has 4 N–H and O–H groups in total. The first-order chi connectivity index (χ1) is 5.64. The lowest BCUT2D eigenvalue weighted by atomic mass is 10.3. The van der Waals surface area contributed by atoms with Gasteiger partial charge in [-0.3, -0.25) is 9.13 Å². The molecule has 0 saturated carbocycles. The van der Waals surface area contributed by atoms with Crippen LogP contribution >= 0.6 is 31.1 Å². The van der Waals surface area contributed by atoms with Crippen LogP contribution in [-0.4, -0.2) is 37.2 Å². The fourth-order valence-corrected chi connectivity index (χ4v) is 4.06. The van der Waals surface area contributed by atoms with Gasteiger partial charge < -0.3 is 19.6 Å². The second-order valence-electron chi connectivity index (χ2n) is 2.71. The monoisotopic (exact) mass is 296 g/mol. The summed E-state index contributed by atoms with van der Waals surface area (Å²) in [5, 5.41) is 0.156. The Hall–Kier alpha value is 0.780. The van der Waals surface area contributed by atoms with Crippen LogP contribution < -0.4 is 0 Å². The molecule has 0 rings (SSSR count). The standard InChI is InChI=1S/C4H11BrO6P2/c5-1-4(2-12(6,7)8)3-13(9,10)11/h4H,1-3H2,(H2,6,7,8)(H2,9,10,11). The van der Waals surface area contributed by atoms with Gasteiger partial charge in [0.15, 0.2) is 0 Å². The summed E-state index contributed by atoms with van der Waals surface area (Å²) in [4.78, 5) is 34.2. The first kappa shape index (κ1) is 13.8. The van der Waals surface area contributed by atoms with E-state index in [1.807, 2.05) is 0 Å². The number of rotatable bonds is 5. The average molecular weight is 297 g/mol. The zero-order chi connectivity index (χ0) is 10.7. The van der Waals surface area contributed by atoms with E-state index in [-0.39, 0.29) is 5.33 Å². The first-order valence-corrected chi connectivity index (χ1v) is 8.01. The number of alkyl halides is 1. The van der Waals surface area contributed by atoms with Gasteiger partial charge in [-0.25, -0.2) is 0 Å². The van der Waals surface area contributed by atoms with Gasteiger partial charge in [-0.2, -0.15) is 0 Å². The van der Waals surface area contributed by atoms with E-state index in [0.29, 0.717) is 0 Å². The van der Waals surface area contributed by atoms with Crippen molar-refractivity contribution in [1.82, 2.24) is 0 Å². The minimum Gasteiger partial charge on any atom is -0.324 e. The van der Waals surface area contributed by atoms with Gasteiger partial charge in [-0.15, -0.1) is 0 Å². The highest BCUT2D eigenvalue weighted by molar-refractivity contribution is 9.09. The lowest BCUT2D eigenvalue weighted by molar-refractivity contribution is 0.356. The Balaban J connectivity index is 4.22. The molecule has 0 spiro atoms. The van der Waals surface area contributed by atoms with Gasteiger partial charge in [0.1, 0.15) is 0 Å². The van der Waals surface area contributed by atoms with E-state index in [1.54, 1.807) is 0 Å². The zero-order valence-electron chi connectivity index (χ0n) is 6.58. The van der Waals surface area contributed by atoms with E-state index in [9.17, 15) is 9.13 Å². The third-order valence-electron chi connectivity index (χ3n) is 1.21. The second-order valence-corrected chi connectivity index (χ2v) is 6.75. The quantitative estimate of drug-likeness (QED) is 0.430. The van der Waals surface area contributed by atoms with Crippen molar-refractivity contribution in [3.63, 3.8) is 0 Å². The molecule has 0 aliphatic heterocycles. The minimum atomic E-state index is -4.20. The van der Waals surface area contributed by atoms with Crippen LogP contribution in [0, 0.1) is 5.92 Å². The lowest BCUT2D eigenvalue weighted by Crippen LogP contribution is -2.13. The molecule has 0 aromatic carbocycles. The Labute approximate surface area is 83.8 Å². The SMILES string of the molecule is O=P(O)(O)CC(CBr)CP(=O)(O)O. The summed E-state index contributed by atoms with van der Waals surface area (Å²) >= 11 is 2.93. The molecule has 0 amide bonds. The van der Waals surface area contributed by atoms with Crippen molar-refractivity contribution in [2.75, 3.05) is 17.7 Å². The van der Waals surface area contributed by atoms with Crippen LogP contribution in [0.25, 0.3) is 0 Å². The fourth-order valence-electron chi connectivity index (χ4n) is 0.828. The van der Waals surface area contributed by atoms with Crippen molar-refractivity contribution in [2.24, 2.45) is 5.92 Å². The van der Waals surface area contributed by atoms with Crippen molar-refractivity contribution < 1.29 is 28.7 Å². The van der Waals surface area contributed by atoms with E-state index in [4.69, 9.17) is 19.6 Å². The van der Waals surface area contributed by atoms with Gasteiger partial charge in [0.05, 0.1) is 12.3 Å². The summed E-state index contributed by atoms with van der Waals surface area (Å²) in [7, 11) is -8.40. The van der Waals surface area contributed by atoms with Crippen LogP contribution in [0.2, 0.25) is 0 Å². The first-order valence-electron chi connectivity index (χ1n) is 3.29. The summed E-state index contributed by atoms with van der Waals surface area (Å²) in [5.41, 5.74) is 0. The Kier molecular flexibility index (Phi) is 5.33. The molecule has 0 aliphatic rings. The summed E-state index contributed by atoms with van der Waals surface area (Å²) in [6, 6.07) is 0. The van der Waals surface area contributed by atoms with Gasteiger partial charge in [-0.1, -0.05) is 15.9 Å². The summed E-state index contributed by atoms with van der Waals surface area (Å²) in [5.74, 6) is -0.707. The van der Waals surface area contributed by atoms with E-state index in [2.05, 4.69) is 15.9 Å². The number of hydrogen-bond acceptors (Lipinski definition) is 2. The van der Waals surface area contributed by atoms with Crippen LogP contribution in [-0.2, 0) is 9.13 Å². The molecule has 0 aromatic rings. The van der Waals surface area contributed by atoms with Crippen LogP contribution in [0.3, 0.4) is 0 Å². The molecular formula is C4H11BrO6P2. The Morgan fingerprint density at radius 1 is 1.00 bits per heavy atom. The molecule has 80 valence electrons. The molecule has 0 saturated heterocycles. The van der Waals surface area contributed by atoms with Crippen LogP contribution in [0.5, 0.6) is 0 Å². The second kappa shape index (κ2) is 5.03. The third-order valence-corrected chi connectivity index (χ3v) is 4.11. The predicted molar refractivity (Wildman–Crippen MR) is 51.1 cm³/mol. The van der Waals surface area contributed by atoms with Gasteiger partial charge in [0.2, 0.25) is 0 Å². The molecular weight excluding hydrogens is 286 g/mol. The van der Waals surface area contributed by atoms with Gasteiger partial charge in [0, 0.05) is 5.33 Å². The predicted octanol–water partition coefficient (Wildman–Crippen LogP) is 0.353. The molecule has 13 heavy (non-hydrogen) atoms. The summed E-state index contributed by atoms with van der Waals surface area (Å²) < 4.78 is 21.0. The van der Waals surface area contributed by atoms with Crippen LogP contribution in [0.1, 0.15) is 0 Å². The van der Waals surface area contributed by atoms with Crippen molar-refractivity contribution in [2.45, 2.75) is 0 Å². The van der Waals surface area contributed by atoms with Crippen LogP contribution in [0.15, 0.2) is 0 Å². The van der Waals surface area contributed by atoms with Gasteiger partial charge in [0.25, 0.3) is 0 Å². The third kappa shape index (κ3) is 9.09. The minimum absolute atomic E-state index is 0.156. The number of halogens is 1. The average Bonchev–Trinajstić information content (AvgIpc) is 1.79. The zero-order valence-corrected chi connectivity index (χ0v) is 9.95. The van der Waals surface area contributed by atoms with Crippen LogP contribution in [0.4, 0.5) is 0 Å². The molecule has 0 atom stereocenters. The van der Waals surface area contributed by atoms with Gasteiger partial charge >= 0.3 is 15.2 Å². The maximum Gasteiger partial charge on any atom is 0.325 e. The smallest absolute Gasteiger partial charge is 0.324 e. The molecule has 0 bridgehead atoms. The maximum absolute atomic E-state index is 10.5. The highest BCUT2D eigenvalue weighted by Crippen LogP contribution is 2.43. The highest BCUT2D eigenvalue weighted by Gasteiger charge is 2.27. The molecule has 9 heteroatoms. The molecule has 0 aliphatic carbocycles. The largest absolute Gasteiger partial charge is 0.325 e. The molecule has 0 fully saturated rings. The topological polar surface area (TPSA) is 115 Å². The Bertz CT molecular complexity index is 219. The Morgan fingerprint density at radius 3 is 1.46 bits per heavy atom. The van der Waals surface area contributed by atoms with E-state index >= 15 is 0 Å². The maximum atomic E-state index is 10.5. The summed E-state index contributed by atoms with van der Waals surface area (Å²) in [6.45, 7) is 0. The van der Waals surface area contributed by atoms with Gasteiger partial charge in [-0.05, 0) is 5.92 Å². The van der Waals surface area contributed by atoms with Crippen molar-refractivity contribution in [3.8, 4) is 0 Å². The molecule has 0 aromatic heterocycles. The highest BCUT2D eigenvalue weighted by atomic mass is 79.9.